The molecular formula is C10H18N2OS. The molecule has 1 rings (SSSR count). The summed E-state index contributed by atoms with van der Waals surface area (Å²) in [6.45, 7) is 6.10. The summed E-state index contributed by atoms with van der Waals surface area (Å²) in [6, 6.07) is -0.0920. The minimum Gasteiger partial charge on any atom is -0.333 e. The third-order valence-electron chi connectivity index (χ3n) is 2.32. The molecule has 0 aromatic heterocycles. The van der Waals surface area contributed by atoms with Crippen molar-refractivity contribution >= 4 is 17.8 Å². The van der Waals surface area contributed by atoms with Gasteiger partial charge < -0.3 is 10.6 Å². The summed E-state index contributed by atoms with van der Waals surface area (Å²) >= 11 is 1.74. The van der Waals surface area contributed by atoms with Gasteiger partial charge in [0.15, 0.2) is 0 Å². The molecule has 0 aliphatic carbocycles. The number of carbonyl (C=O) groups is 1. The van der Waals surface area contributed by atoms with Crippen LogP contribution in [0, 0.1) is 0 Å². The van der Waals surface area contributed by atoms with Crippen LogP contribution >= 0.6 is 11.8 Å². The van der Waals surface area contributed by atoms with Gasteiger partial charge in [0.2, 0.25) is 0 Å². The Bertz CT molecular complexity index is 249. The number of thioether (sulfide) groups is 1. The van der Waals surface area contributed by atoms with E-state index in [2.05, 4.69) is 17.6 Å². The van der Waals surface area contributed by atoms with E-state index in [0.29, 0.717) is 0 Å². The number of nitrogens with one attached hydrogen (secondary N) is 2. The van der Waals surface area contributed by atoms with Crippen LogP contribution < -0.4 is 10.6 Å². The van der Waals surface area contributed by atoms with Gasteiger partial charge in [-0.2, -0.15) is 0 Å². The Morgan fingerprint density at radius 3 is 2.86 bits per heavy atom. The van der Waals surface area contributed by atoms with Crippen molar-refractivity contribution < 1.29 is 4.79 Å². The zero-order chi connectivity index (χ0) is 10.6. The summed E-state index contributed by atoms with van der Waals surface area (Å²) in [7, 11) is 0. The predicted molar refractivity (Wildman–Crippen MR) is 61.2 cm³/mol. The molecule has 0 radical (unpaired) electrons. The van der Waals surface area contributed by atoms with E-state index in [1.807, 2.05) is 19.3 Å². The molecule has 3 nitrogen and oxygen atoms in total. The van der Waals surface area contributed by atoms with Crippen molar-refractivity contribution in [3.05, 3.63) is 11.1 Å². The summed E-state index contributed by atoms with van der Waals surface area (Å²) in [4.78, 5) is 11.5. The van der Waals surface area contributed by atoms with Gasteiger partial charge in [-0.1, -0.05) is 6.92 Å². The average Bonchev–Trinajstić information content (AvgIpc) is 2.55. The normalized spacial score (nSPS) is 16.4. The van der Waals surface area contributed by atoms with Gasteiger partial charge in [0.25, 0.3) is 0 Å². The molecule has 0 aromatic rings. The van der Waals surface area contributed by atoms with Gasteiger partial charge in [-0.05, 0) is 32.1 Å². The molecule has 0 saturated heterocycles. The van der Waals surface area contributed by atoms with Crippen molar-refractivity contribution in [3.63, 3.8) is 0 Å². The molecule has 2 N–H and O–H groups in total. The van der Waals surface area contributed by atoms with Gasteiger partial charge in [0.05, 0.1) is 0 Å². The maximum Gasteiger partial charge on any atom is 0.319 e. The van der Waals surface area contributed by atoms with Crippen LogP contribution in [0.4, 0.5) is 4.79 Å². The number of carbonyl (C=O) groups excluding carboxylic acids is 1. The molecule has 0 atom stereocenters. The van der Waals surface area contributed by atoms with Crippen molar-refractivity contribution in [2.75, 3.05) is 5.75 Å². The van der Waals surface area contributed by atoms with Crippen molar-refractivity contribution in [2.24, 2.45) is 0 Å². The minimum absolute atomic E-state index is 0.0920. The number of amides is 2. The SMILES string of the molecule is CCC(C)(C)NC(=O)NC1=CSCC1. The Hall–Kier alpha value is -0.640. The van der Waals surface area contributed by atoms with Gasteiger partial charge in [-0.15, -0.1) is 11.8 Å². The summed E-state index contributed by atoms with van der Waals surface area (Å²) in [5.41, 5.74) is 0.899. The first-order valence-electron chi connectivity index (χ1n) is 4.93. The minimum atomic E-state index is -0.129. The molecule has 4 heteroatoms. The fourth-order valence-corrected chi connectivity index (χ4v) is 1.89. The zero-order valence-corrected chi connectivity index (χ0v) is 9.83. The summed E-state index contributed by atoms with van der Waals surface area (Å²) in [5.74, 6) is 1.08. The van der Waals surface area contributed by atoms with Crippen molar-refractivity contribution in [3.8, 4) is 0 Å². The summed E-state index contributed by atoms with van der Waals surface area (Å²) in [5, 5.41) is 7.80. The maximum absolute atomic E-state index is 11.5. The highest BCUT2D eigenvalue weighted by atomic mass is 32.2. The summed E-state index contributed by atoms with van der Waals surface area (Å²) in [6.07, 6.45) is 1.89. The quantitative estimate of drug-likeness (QED) is 0.757. The molecule has 0 saturated carbocycles. The third kappa shape index (κ3) is 3.62. The molecule has 0 fully saturated rings. The first-order valence-corrected chi connectivity index (χ1v) is 5.98. The van der Waals surface area contributed by atoms with Crippen LogP contribution in [0.25, 0.3) is 0 Å². The Labute approximate surface area is 89.7 Å². The second-order valence-corrected chi connectivity index (χ2v) is 5.06. The fourth-order valence-electron chi connectivity index (χ4n) is 1.05. The first-order chi connectivity index (χ1) is 6.53. The molecule has 80 valence electrons. The molecule has 2 amide bonds. The lowest BCUT2D eigenvalue weighted by Crippen LogP contribution is -2.47. The lowest BCUT2D eigenvalue weighted by atomic mass is 10.0. The summed E-state index contributed by atoms with van der Waals surface area (Å²) < 4.78 is 0. The molecule has 0 bridgehead atoms. The topological polar surface area (TPSA) is 41.1 Å². The van der Waals surface area contributed by atoms with E-state index in [9.17, 15) is 4.79 Å². The lowest BCUT2D eigenvalue weighted by molar-refractivity contribution is 0.231. The second-order valence-electron chi connectivity index (χ2n) is 4.08. The number of rotatable bonds is 3. The highest BCUT2D eigenvalue weighted by molar-refractivity contribution is 8.02. The van der Waals surface area contributed by atoms with Crippen LogP contribution in [0.2, 0.25) is 0 Å². The molecule has 0 aromatic carbocycles. The maximum atomic E-state index is 11.5. The van der Waals surface area contributed by atoms with Crippen LogP contribution in [0.1, 0.15) is 33.6 Å². The Kier molecular flexibility index (Phi) is 3.86. The predicted octanol–water partition coefficient (Wildman–Crippen LogP) is 2.45. The Morgan fingerprint density at radius 2 is 2.36 bits per heavy atom. The zero-order valence-electron chi connectivity index (χ0n) is 9.02. The van der Waals surface area contributed by atoms with Crippen molar-refractivity contribution in [1.29, 1.82) is 0 Å². The molecule has 14 heavy (non-hydrogen) atoms. The lowest BCUT2D eigenvalue weighted by Gasteiger charge is -2.24. The van der Waals surface area contributed by atoms with E-state index in [4.69, 9.17) is 0 Å². The van der Waals surface area contributed by atoms with Crippen molar-refractivity contribution in [2.45, 2.75) is 39.2 Å². The van der Waals surface area contributed by atoms with Gasteiger partial charge in [-0.25, -0.2) is 4.79 Å². The number of hydrogen-bond donors (Lipinski definition) is 2. The number of hydrogen-bond acceptors (Lipinski definition) is 2. The van der Waals surface area contributed by atoms with E-state index < -0.39 is 0 Å². The van der Waals surface area contributed by atoms with Crippen LogP contribution in [-0.4, -0.2) is 17.3 Å². The van der Waals surface area contributed by atoms with Crippen molar-refractivity contribution in [1.82, 2.24) is 10.6 Å². The average molecular weight is 214 g/mol. The standard InChI is InChI=1S/C10H18N2OS/c1-4-10(2,3)12-9(13)11-8-5-6-14-7-8/h7H,4-6H2,1-3H3,(H2,11,12,13). The number of urea groups is 1. The van der Waals surface area contributed by atoms with Crippen LogP contribution in [-0.2, 0) is 0 Å². The molecule has 1 aliphatic heterocycles. The van der Waals surface area contributed by atoms with Gasteiger partial charge >= 0.3 is 6.03 Å². The van der Waals surface area contributed by atoms with Gasteiger partial charge in [0, 0.05) is 17.0 Å². The van der Waals surface area contributed by atoms with Gasteiger partial charge in [-0.3, -0.25) is 0 Å². The fraction of sp³-hybridized carbons (Fsp3) is 0.700. The van der Waals surface area contributed by atoms with Gasteiger partial charge in [0.1, 0.15) is 0 Å². The molecule has 0 unspecified atom stereocenters. The van der Waals surface area contributed by atoms with Crippen LogP contribution in [0.5, 0.6) is 0 Å². The number of allylic oxidation sites excluding steroid dienone is 1. The largest absolute Gasteiger partial charge is 0.333 e. The van der Waals surface area contributed by atoms with E-state index >= 15 is 0 Å². The third-order valence-corrected chi connectivity index (χ3v) is 3.22. The Morgan fingerprint density at radius 1 is 1.64 bits per heavy atom. The first kappa shape index (κ1) is 11.4. The van der Waals surface area contributed by atoms with E-state index in [1.165, 1.54) is 0 Å². The van der Waals surface area contributed by atoms with E-state index in [-0.39, 0.29) is 11.6 Å². The molecule has 1 aliphatic rings. The molecular weight excluding hydrogens is 196 g/mol. The van der Waals surface area contributed by atoms with E-state index in [0.717, 1.165) is 24.3 Å². The second kappa shape index (κ2) is 4.73. The van der Waals surface area contributed by atoms with Crippen LogP contribution in [0.3, 0.4) is 0 Å². The smallest absolute Gasteiger partial charge is 0.319 e. The van der Waals surface area contributed by atoms with E-state index in [1.54, 1.807) is 11.8 Å². The monoisotopic (exact) mass is 214 g/mol. The molecule has 1 heterocycles. The Balaban J connectivity index is 2.35. The highest BCUT2D eigenvalue weighted by Crippen LogP contribution is 2.19. The highest BCUT2D eigenvalue weighted by Gasteiger charge is 2.18. The molecule has 0 spiro atoms. The van der Waals surface area contributed by atoms with Crippen LogP contribution in [0.15, 0.2) is 11.1 Å².